The van der Waals surface area contributed by atoms with Crippen LogP contribution in [0.15, 0.2) is 60.7 Å². The van der Waals surface area contributed by atoms with E-state index >= 15 is 0 Å². The zero-order chi connectivity index (χ0) is 20.4. The second kappa shape index (κ2) is 7.54. The van der Waals surface area contributed by atoms with Crippen molar-refractivity contribution in [3.05, 3.63) is 83.0 Å². The summed E-state index contributed by atoms with van der Waals surface area (Å²) in [5.74, 6) is 0.0301. The lowest BCUT2D eigenvalue weighted by Crippen LogP contribution is -2.31. The van der Waals surface area contributed by atoms with E-state index in [0.717, 1.165) is 25.1 Å². The van der Waals surface area contributed by atoms with Gasteiger partial charge in [-0.25, -0.2) is 0 Å². The molecule has 2 heterocycles. The molecule has 0 unspecified atom stereocenters. The predicted molar refractivity (Wildman–Crippen MR) is 103 cm³/mol. The molecule has 0 saturated carbocycles. The fourth-order valence-corrected chi connectivity index (χ4v) is 3.27. The van der Waals surface area contributed by atoms with Crippen molar-refractivity contribution < 1.29 is 18.0 Å². The number of hydrogen-bond acceptors (Lipinski definition) is 4. The van der Waals surface area contributed by atoms with Gasteiger partial charge in [-0.15, -0.1) is 10.2 Å². The number of carbonyl (C=O) groups is 1. The summed E-state index contributed by atoms with van der Waals surface area (Å²) in [5.41, 5.74) is 1.79. The number of amides is 1. The molecule has 0 fully saturated rings. The van der Waals surface area contributed by atoms with Crippen LogP contribution in [0.2, 0.25) is 0 Å². The first kappa shape index (κ1) is 18.9. The van der Waals surface area contributed by atoms with Gasteiger partial charge in [-0.2, -0.15) is 13.2 Å². The molecule has 4 rings (SSSR count). The van der Waals surface area contributed by atoms with E-state index in [1.165, 1.54) is 29.3 Å². The van der Waals surface area contributed by atoms with E-state index < -0.39 is 17.6 Å². The lowest BCUT2D eigenvalue weighted by molar-refractivity contribution is -0.137. The predicted octanol–water partition coefficient (Wildman–Crippen LogP) is 4.31. The van der Waals surface area contributed by atoms with E-state index in [1.807, 2.05) is 12.1 Å². The fourth-order valence-electron chi connectivity index (χ4n) is 3.27. The molecule has 0 bridgehead atoms. The summed E-state index contributed by atoms with van der Waals surface area (Å²) in [4.78, 5) is 14.4. The summed E-state index contributed by atoms with van der Waals surface area (Å²) >= 11 is 0. The second-order valence-electron chi connectivity index (χ2n) is 6.75. The van der Waals surface area contributed by atoms with Crippen molar-refractivity contribution in [1.29, 1.82) is 0 Å². The van der Waals surface area contributed by atoms with E-state index in [0.29, 0.717) is 12.4 Å². The molecule has 5 nitrogen and oxygen atoms in total. The molecule has 0 saturated heterocycles. The number of fused-ring (bicyclic) bond motifs is 1. The van der Waals surface area contributed by atoms with Crippen molar-refractivity contribution in [3.63, 3.8) is 0 Å². The minimum absolute atomic E-state index is 0.0311. The standard InChI is InChI=1S/C21H17F3N4O/c22-21(23,24)16-6-3-7-17(12-16)25-20(29)18-8-9-19(27-26-18)28-11-10-14-4-1-2-5-15(14)13-28/h1-9,12H,10-11,13H2,(H,25,29). The molecule has 1 aliphatic heterocycles. The highest BCUT2D eigenvalue weighted by Gasteiger charge is 2.30. The van der Waals surface area contributed by atoms with Crippen LogP contribution in [-0.4, -0.2) is 22.6 Å². The first-order valence-electron chi connectivity index (χ1n) is 9.04. The topological polar surface area (TPSA) is 58.1 Å². The average molecular weight is 398 g/mol. The van der Waals surface area contributed by atoms with Gasteiger partial charge in [0.05, 0.1) is 5.56 Å². The number of nitrogens with zero attached hydrogens (tertiary/aromatic N) is 3. The van der Waals surface area contributed by atoms with E-state index in [4.69, 9.17) is 0 Å². The van der Waals surface area contributed by atoms with Crippen molar-refractivity contribution in [2.75, 3.05) is 16.8 Å². The van der Waals surface area contributed by atoms with Crippen LogP contribution in [0, 0.1) is 0 Å². The Balaban J connectivity index is 1.45. The molecule has 1 N–H and O–H groups in total. The van der Waals surface area contributed by atoms with Gasteiger partial charge in [-0.1, -0.05) is 30.3 Å². The zero-order valence-corrected chi connectivity index (χ0v) is 15.3. The molecule has 1 aliphatic rings. The monoisotopic (exact) mass is 398 g/mol. The van der Waals surface area contributed by atoms with E-state index in [9.17, 15) is 18.0 Å². The highest BCUT2D eigenvalue weighted by atomic mass is 19.4. The highest BCUT2D eigenvalue weighted by Crippen LogP contribution is 2.30. The molecule has 0 radical (unpaired) electrons. The maximum absolute atomic E-state index is 12.8. The van der Waals surface area contributed by atoms with Gasteiger partial charge in [-0.05, 0) is 47.9 Å². The van der Waals surface area contributed by atoms with Crippen LogP contribution in [0.25, 0.3) is 0 Å². The van der Waals surface area contributed by atoms with Gasteiger partial charge in [0.15, 0.2) is 11.5 Å². The van der Waals surface area contributed by atoms with Crippen molar-refractivity contribution in [1.82, 2.24) is 10.2 Å². The van der Waals surface area contributed by atoms with Gasteiger partial charge in [0.2, 0.25) is 0 Å². The van der Waals surface area contributed by atoms with E-state index in [1.54, 1.807) is 6.07 Å². The number of alkyl halides is 3. The molecular formula is C21H17F3N4O. The molecular weight excluding hydrogens is 381 g/mol. The quantitative estimate of drug-likeness (QED) is 0.714. The Kier molecular flexibility index (Phi) is 4.92. The first-order valence-corrected chi connectivity index (χ1v) is 9.04. The number of carbonyl (C=O) groups excluding carboxylic acids is 1. The molecule has 148 valence electrons. The SMILES string of the molecule is O=C(Nc1cccc(C(F)(F)F)c1)c1ccc(N2CCc3ccccc3C2)nn1. The van der Waals surface area contributed by atoms with Crippen molar-refractivity contribution in [2.24, 2.45) is 0 Å². The highest BCUT2D eigenvalue weighted by molar-refractivity contribution is 6.02. The number of benzene rings is 2. The molecule has 2 aromatic carbocycles. The second-order valence-corrected chi connectivity index (χ2v) is 6.75. The van der Waals surface area contributed by atoms with Gasteiger partial charge >= 0.3 is 6.18 Å². The number of hydrogen-bond donors (Lipinski definition) is 1. The lowest BCUT2D eigenvalue weighted by atomic mass is 10.00. The molecule has 8 heteroatoms. The number of anilines is 2. The summed E-state index contributed by atoms with van der Waals surface area (Å²) in [6.45, 7) is 1.50. The molecule has 1 aromatic heterocycles. The normalized spacial score (nSPS) is 13.7. The van der Waals surface area contributed by atoms with Crippen LogP contribution >= 0.6 is 0 Å². The van der Waals surface area contributed by atoms with Gasteiger partial charge in [0.25, 0.3) is 5.91 Å². The first-order chi connectivity index (χ1) is 13.9. The maximum atomic E-state index is 12.8. The third kappa shape index (κ3) is 4.21. The zero-order valence-electron chi connectivity index (χ0n) is 15.3. The number of nitrogens with one attached hydrogen (secondary N) is 1. The number of halogens is 3. The summed E-state index contributed by atoms with van der Waals surface area (Å²) in [5, 5.41) is 10.5. The number of rotatable bonds is 3. The lowest BCUT2D eigenvalue weighted by Gasteiger charge is -2.29. The van der Waals surface area contributed by atoms with Gasteiger partial charge in [0.1, 0.15) is 0 Å². The minimum Gasteiger partial charge on any atom is -0.350 e. The molecule has 0 atom stereocenters. The molecule has 0 spiro atoms. The minimum atomic E-state index is -4.48. The van der Waals surface area contributed by atoms with Crippen LogP contribution in [-0.2, 0) is 19.1 Å². The van der Waals surface area contributed by atoms with E-state index in [2.05, 4.69) is 32.5 Å². The molecule has 3 aromatic rings. The summed E-state index contributed by atoms with van der Waals surface area (Å²) in [6, 6.07) is 15.9. The fraction of sp³-hybridized carbons (Fsp3) is 0.190. The van der Waals surface area contributed by atoms with E-state index in [-0.39, 0.29) is 11.4 Å². The van der Waals surface area contributed by atoms with Crippen molar-refractivity contribution in [3.8, 4) is 0 Å². The average Bonchev–Trinajstić information content (AvgIpc) is 2.73. The number of aromatic nitrogens is 2. The molecule has 29 heavy (non-hydrogen) atoms. The summed E-state index contributed by atoms with van der Waals surface area (Å²) in [6.07, 6.45) is -3.58. The van der Waals surface area contributed by atoms with Gasteiger partial charge in [0, 0.05) is 18.8 Å². The van der Waals surface area contributed by atoms with Crippen LogP contribution in [0.4, 0.5) is 24.7 Å². The van der Waals surface area contributed by atoms with Crippen LogP contribution < -0.4 is 10.2 Å². The Bertz CT molecular complexity index is 1030. The largest absolute Gasteiger partial charge is 0.416 e. The summed E-state index contributed by atoms with van der Waals surface area (Å²) < 4.78 is 38.4. The van der Waals surface area contributed by atoms with Crippen LogP contribution in [0.3, 0.4) is 0 Å². The summed E-state index contributed by atoms with van der Waals surface area (Å²) in [7, 11) is 0. The Morgan fingerprint density at radius 3 is 2.48 bits per heavy atom. The molecule has 0 aliphatic carbocycles. The van der Waals surface area contributed by atoms with Crippen molar-refractivity contribution in [2.45, 2.75) is 19.1 Å². The van der Waals surface area contributed by atoms with Crippen LogP contribution in [0.5, 0.6) is 0 Å². The van der Waals surface area contributed by atoms with Crippen LogP contribution in [0.1, 0.15) is 27.2 Å². The Labute approximate surface area is 165 Å². The Morgan fingerprint density at radius 2 is 1.76 bits per heavy atom. The van der Waals surface area contributed by atoms with Gasteiger partial charge in [-0.3, -0.25) is 4.79 Å². The maximum Gasteiger partial charge on any atom is 0.416 e. The molecule has 1 amide bonds. The Hall–Kier alpha value is -3.42. The third-order valence-corrected chi connectivity index (χ3v) is 4.79. The Morgan fingerprint density at radius 1 is 0.966 bits per heavy atom. The van der Waals surface area contributed by atoms with Gasteiger partial charge < -0.3 is 10.2 Å². The third-order valence-electron chi connectivity index (χ3n) is 4.79. The smallest absolute Gasteiger partial charge is 0.350 e. The van der Waals surface area contributed by atoms with Crippen molar-refractivity contribution >= 4 is 17.4 Å².